The van der Waals surface area contributed by atoms with Gasteiger partial charge in [0.1, 0.15) is 12.2 Å². The molecule has 1 aliphatic rings. The van der Waals surface area contributed by atoms with Crippen molar-refractivity contribution in [1.29, 1.82) is 0 Å². The van der Waals surface area contributed by atoms with Crippen LogP contribution in [0.3, 0.4) is 0 Å². The first-order chi connectivity index (χ1) is 7.35. The maximum atomic E-state index is 5.80. The second-order valence-corrected chi connectivity index (χ2v) is 4.09. The summed E-state index contributed by atoms with van der Waals surface area (Å²) in [7, 11) is 0. The molecule has 5 nitrogen and oxygen atoms in total. The summed E-state index contributed by atoms with van der Waals surface area (Å²) in [6.45, 7) is 5.88. The van der Waals surface area contributed by atoms with E-state index in [9.17, 15) is 0 Å². The van der Waals surface area contributed by atoms with Gasteiger partial charge in [-0.25, -0.2) is 0 Å². The lowest BCUT2D eigenvalue weighted by atomic mass is 10.1. The van der Waals surface area contributed by atoms with E-state index in [4.69, 9.17) is 5.73 Å². The van der Waals surface area contributed by atoms with Crippen molar-refractivity contribution in [2.45, 2.75) is 38.9 Å². The van der Waals surface area contributed by atoms with Crippen molar-refractivity contribution in [2.75, 3.05) is 13.1 Å². The highest BCUT2D eigenvalue weighted by atomic mass is 15.3. The van der Waals surface area contributed by atoms with Crippen molar-refractivity contribution in [3.63, 3.8) is 0 Å². The minimum atomic E-state index is 0.500. The highest BCUT2D eigenvalue weighted by Crippen LogP contribution is 2.14. The Balaban J connectivity index is 2.01. The van der Waals surface area contributed by atoms with Gasteiger partial charge in [0.15, 0.2) is 0 Å². The van der Waals surface area contributed by atoms with Crippen molar-refractivity contribution in [3.05, 3.63) is 12.2 Å². The number of rotatable bonds is 4. The summed E-state index contributed by atoms with van der Waals surface area (Å²) in [5.41, 5.74) is 5.80. The van der Waals surface area contributed by atoms with Crippen molar-refractivity contribution in [2.24, 2.45) is 5.73 Å². The minimum Gasteiger partial charge on any atom is -0.329 e. The monoisotopic (exact) mass is 209 g/mol. The summed E-state index contributed by atoms with van der Waals surface area (Å²) >= 11 is 0. The smallest absolute Gasteiger partial charge is 0.147 e. The highest BCUT2D eigenvalue weighted by molar-refractivity contribution is 4.91. The van der Waals surface area contributed by atoms with E-state index in [-0.39, 0.29) is 0 Å². The molecule has 1 aromatic rings. The highest BCUT2D eigenvalue weighted by Gasteiger charge is 2.22. The Labute approximate surface area is 90.3 Å². The molecule has 1 aliphatic heterocycles. The molecule has 0 spiro atoms. The lowest BCUT2D eigenvalue weighted by molar-refractivity contribution is 0.148. The predicted octanol–water partition coefficient (Wildman–Crippen LogP) is 0.221. The fraction of sp³-hybridized carbons (Fsp3) is 0.800. The average molecular weight is 209 g/mol. The Bertz CT molecular complexity index is 309. The SMILES string of the molecule is CCCC(CN)N1CCn2cnnc2C1. The largest absolute Gasteiger partial charge is 0.329 e. The van der Waals surface area contributed by atoms with Crippen LogP contribution in [0, 0.1) is 0 Å². The third-order valence-electron chi connectivity index (χ3n) is 3.08. The van der Waals surface area contributed by atoms with E-state index in [1.165, 1.54) is 12.8 Å². The second kappa shape index (κ2) is 4.72. The van der Waals surface area contributed by atoms with Crippen LogP contribution in [0.2, 0.25) is 0 Å². The zero-order valence-corrected chi connectivity index (χ0v) is 9.26. The molecule has 84 valence electrons. The van der Waals surface area contributed by atoms with Crippen molar-refractivity contribution >= 4 is 0 Å². The third-order valence-corrected chi connectivity index (χ3v) is 3.08. The van der Waals surface area contributed by atoms with Crippen molar-refractivity contribution < 1.29 is 0 Å². The third kappa shape index (κ3) is 2.18. The zero-order valence-electron chi connectivity index (χ0n) is 9.26. The van der Waals surface area contributed by atoms with Gasteiger partial charge in [0, 0.05) is 25.7 Å². The molecule has 0 aliphatic carbocycles. The van der Waals surface area contributed by atoms with Crippen molar-refractivity contribution in [3.8, 4) is 0 Å². The molecule has 1 unspecified atom stereocenters. The summed E-state index contributed by atoms with van der Waals surface area (Å²) in [4.78, 5) is 2.42. The van der Waals surface area contributed by atoms with E-state index in [2.05, 4.69) is 26.6 Å². The molecule has 0 saturated carbocycles. The standard InChI is InChI=1S/C10H19N5/c1-2-3-9(6-11)14-4-5-15-8-12-13-10(15)7-14/h8-9H,2-7,11H2,1H3. The van der Waals surface area contributed by atoms with E-state index < -0.39 is 0 Å². The van der Waals surface area contributed by atoms with Gasteiger partial charge in [0.2, 0.25) is 0 Å². The summed E-state index contributed by atoms with van der Waals surface area (Å²) in [5, 5.41) is 8.04. The molecule has 15 heavy (non-hydrogen) atoms. The normalized spacial score (nSPS) is 18.8. The molecule has 0 amide bonds. The molecule has 5 heteroatoms. The van der Waals surface area contributed by atoms with Gasteiger partial charge in [-0.05, 0) is 6.42 Å². The van der Waals surface area contributed by atoms with Crippen LogP contribution in [0.15, 0.2) is 6.33 Å². The lowest BCUT2D eigenvalue weighted by Crippen LogP contribution is -2.44. The lowest BCUT2D eigenvalue weighted by Gasteiger charge is -2.33. The van der Waals surface area contributed by atoms with E-state index in [1.54, 1.807) is 0 Å². The molecule has 0 saturated heterocycles. The van der Waals surface area contributed by atoms with Gasteiger partial charge in [-0.2, -0.15) is 0 Å². The van der Waals surface area contributed by atoms with Gasteiger partial charge in [-0.15, -0.1) is 10.2 Å². The molecule has 1 aromatic heterocycles. The van der Waals surface area contributed by atoms with Gasteiger partial charge in [-0.3, -0.25) is 4.90 Å². The van der Waals surface area contributed by atoms with Gasteiger partial charge < -0.3 is 10.3 Å². The number of hydrogen-bond acceptors (Lipinski definition) is 4. The molecule has 0 aromatic carbocycles. The number of hydrogen-bond donors (Lipinski definition) is 1. The van der Waals surface area contributed by atoms with Crippen LogP contribution < -0.4 is 5.73 Å². The molecule has 2 N–H and O–H groups in total. The first-order valence-electron chi connectivity index (χ1n) is 5.66. The fourth-order valence-electron chi connectivity index (χ4n) is 2.18. The fourth-order valence-corrected chi connectivity index (χ4v) is 2.18. The van der Waals surface area contributed by atoms with Gasteiger partial charge in [-0.1, -0.05) is 13.3 Å². The zero-order chi connectivity index (χ0) is 10.7. The Kier molecular flexibility index (Phi) is 3.33. The maximum absolute atomic E-state index is 5.80. The molecule has 1 atom stereocenters. The number of nitrogens with two attached hydrogens (primary N) is 1. The number of aromatic nitrogens is 3. The van der Waals surface area contributed by atoms with Crippen LogP contribution in [0.1, 0.15) is 25.6 Å². The van der Waals surface area contributed by atoms with Crippen LogP contribution in [0.5, 0.6) is 0 Å². The van der Waals surface area contributed by atoms with Crippen LogP contribution in [0.4, 0.5) is 0 Å². The Morgan fingerprint density at radius 1 is 1.53 bits per heavy atom. The van der Waals surface area contributed by atoms with Crippen LogP contribution in [0.25, 0.3) is 0 Å². The molecular formula is C10H19N5. The van der Waals surface area contributed by atoms with Gasteiger partial charge in [0.25, 0.3) is 0 Å². The molecule has 2 heterocycles. The Morgan fingerprint density at radius 3 is 3.13 bits per heavy atom. The first kappa shape index (κ1) is 10.6. The molecule has 0 radical (unpaired) electrons. The number of nitrogens with zero attached hydrogens (tertiary/aromatic N) is 4. The first-order valence-corrected chi connectivity index (χ1v) is 5.66. The summed E-state index contributed by atoms with van der Waals surface area (Å²) in [5.74, 6) is 1.07. The van der Waals surface area contributed by atoms with E-state index in [1.807, 2.05) is 6.33 Å². The van der Waals surface area contributed by atoms with E-state index >= 15 is 0 Å². The van der Waals surface area contributed by atoms with Crippen molar-refractivity contribution in [1.82, 2.24) is 19.7 Å². The maximum Gasteiger partial charge on any atom is 0.147 e. The molecular weight excluding hydrogens is 190 g/mol. The average Bonchev–Trinajstić information content (AvgIpc) is 2.72. The van der Waals surface area contributed by atoms with Crippen LogP contribution >= 0.6 is 0 Å². The summed E-state index contributed by atoms with van der Waals surface area (Å²) in [6, 6.07) is 0.500. The quantitative estimate of drug-likeness (QED) is 0.770. The minimum absolute atomic E-state index is 0.500. The van der Waals surface area contributed by atoms with E-state index in [0.29, 0.717) is 6.04 Å². The number of fused-ring (bicyclic) bond motifs is 1. The molecule has 0 bridgehead atoms. The topological polar surface area (TPSA) is 60.0 Å². The summed E-state index contributed by atoms with van der Waals surface area (Å²) in [6.07, 6.45) is 4.17. The predicted molar refractivity (Wildman–Crippen MR) is 58.2 cm³/mol. The summed E-state index contributed by atoms with van der Waals surface area (Å²) < 4.78 is 2.12. The Hall–Kier alpha value is -0.940. The van der Waals surface area contributed by atoms with Crippen LogP contribution in [-0.4, -0.2) is 38.8 Å². The molecule has 2 rings (SSSR count). The Morgan fingerprint density at radius 2 is 2.40 bits per heavy atom. The van der Waals surface area contributed by atoms with Gasteiger partial charge in [0.05, 0.1) is 6.54 Å². The second-order valence-electron chi connectivity index (χ2n) is 4.09. The molecule has 0 fully saturated rings. The van der Waals surface area contributed by atoms with Gasteiger partial charge >= 0.3 is 0 Å². The van der Waals surface area contributed by atoms with E-state index in [0.717, 1.165) is 32.0 Å². The van der Waals surface area contributed by atoms with Crippen LogP contribution in [-0.2, 0) is 13.1 Å².